The van der Waals surface area contributed by atoms with Gasteiger partial charge < -0.3 is 0 Å². The van der Waals surface area contributed by atoms with E-state index < -0.39 is 17.8 Å². The maximum atomic E-state index is 5.41. The van der Waals surface area contributed by atoms with E-state index in [4.69, 9.17) is 9.96 Å². The first-order valence-corrected chi connectivity index (χ1v) is 8.57. The van der Waals surface area contributed by atoms with Crippen LogP contribution in [0.4, 0.5) is 0 Å². The zero-order valence-electron chi connectivity index (χ0n) is 10.7. The van der Waals surface area contributed by atoms with E-state index in [1.165, 1.54) is 0 Å². The van der Waals surface area contributed by atoms with Crippen molar-refractivity contribution in [1.29, 1.82) is 0 Å². The molecule has 5 heteroatoms. The van der Waals surface area contributed by atoms with Gasteiger partial charge in [-0.2, -0.15) is 0 Å². The Balaban J connectivity index is 3.89. The monoisotopic (exact) mass is 255 g/mol. The van der Waals surface area contributed by atoms with Crippen molar-refractivity contribution in [2.45, 2.75) is 25.0 Å². The molecule has 0 unspecified atom stereocenters. The molecule has 0 fully saturated rings. The second-order valence-corrected chi connectivity index (χ2v) is 8.25. The third-order valence-corrected chi connectivity index (χ3v) is 7.21. The van der Waals surface area contributed by atoms with Crippen LogP contribution in [0.1, 0.15) is 20.3 Å². The van der Waals surface area contributed by atoms with Crippen molar-refractivity contribution in [3.63, 3.8) is 0 Å². The molecule has 15 heavy (non-hydrogen) atoms. The maximum absolute atomic E-state index is 5.41. The zero-order valence-corrected chi connectivity index (χ0v) is 12.3. The van der Waals surface area contributed by atoms with Crippen LogP contribution < -0.4 is 0 Å². The van der Waals surface area contributed by atoms with Crippen LogP contribution in [0.2, 0.25) is 4.73 Å². The van der Waals surface area contributed by atoms with Crippen LogP contribution in [-0.2, 0) is 27.7 Å². The molecule has 4 nitrogen and oxygen atoms in total. The van der Waals surface area contributed by atoms with Gasteiger partial charge in [-0.3, -0.25) is 0 Å². The van der Waals surface area contributed by atoms with Crippen LogP contribution in [0.5, 0.6) is 0 Å². The van der Waals surface area contributed by atoms with Gasteiger partial charge in [-0.25, -0.2) is 0 Å². The topological polar surface area (TPSA) is 30.9 Å². The summed E-state index contributed by atoms with van der Waals surface area (Å²) in [4.78, 5) is 2.40. The first-order valence-electron chi connectivity index (χ1n) is 5.55. The van der Waals surface area contributed by atoms with Crippen molar-refractivity contribution >= 4 is 0 Å². The fraction of sp³-hybridized carbons (Fsp3) is 1.00. The SMILES string of the molecule is CCN(CC)CC[CH2][Ti]([O]C)([O]C)[O]C. The van der Waals surface area contributed by atoms with E-state index in [2.05, 4.69) is 18.7 Å². The predicted molar refractivity (Wildman–Crippen MR) is 58.2 cm³/mol. The third kappa shape index (κ3) is 5.43. The van der Waals surface area contributed by atoms with Crippen LogP contribution in [0.15, 0.2) is 0 Å². The van der Waals surface area contributed by atoms with Crippen molar-refractivity contribution in [1.82, 2.24) is 4.90 Å². The van der Waals surface area contributed by atoms with E-state index in [-0.39, 0.29) is 0 Å². The standard InChI is InChI=1S/C7H16N.3CH3O.Ti/c1-4-7-8(5-2)6-3;3*1-2;/h1,4-7H2,2-3H3;3*1H3;/q;3*-1;+3. The van der Waals surface area contributed by atoms with Crippen molar-refractivity contribution in [2.24, 2.45) is 0 Å². The molecule has 92 valence electrons. The van der Waals surface area contributed by atoms with Gasteiger partial charge in [0, 0.05) is 0 Å². The number of hydrogen-bond acceptors (Lipinski definition) is 4. The van der Waals surface area contributed by atoms with Gasteiger partial charge in [0.05, 0.1) is 0 Å². The number of rotatable bonds is 9. The Labute approximate surface area is 98.7 Å². The van der Waals surface area contributed by atoms with Gasteiger partial charge in [0.25, 0.3) is 0 Å². The molecule has 0 atom stereocenters. The summed E-state index contributed by atoms with van der Waals surface area (Å²) in [5.41, 5.74) is 0. The number of nitrogens with zero attached hydrogens (tertiary/aromatic N) is 1. The quantitative estimate of drug-likeness (QED) is 0.589. The molecule has 0 amide bonds. The van der Waals surface area contributed by atoms with Gasteiger partial charge in [0.2, 0.25) is 0 Å². The molecule has 0 bridgehead atoms. The van der Waals surface area contributed by atoms with E-state index in [9.17, 15) is 0 Å². The van der Waals surface area contributed by atoms with Gasteiger partial charge in [-0.1, -0.05) is 0 Å². The fourth-order valence-corrected chi connectivity index (χ4v) is 4.28. The first kappa shape index (κ1) is 15.6. The Hall–Kier alpha value is 0.554. The van der Waals surface area contributed by atoms with Gasteiger partial charge in [0.15, 0.2) is 0 Å². The van der Waals surface area contributed by atoms with Gasteiger partial charge in [0.1, 0.15) is 0 Å². The molecule has 0 spiro atoms. The molecular formula is C10H25NO3Ti. The van der Waals surface area contributed by atoms with E-state index >= 15 is 0 Å². The molecule has 0 aromatic carbocycles. The molecule has 0 saturated carbocycles. The average Bonchev–Trinajstić information content (AvgIpc) is 2.31. The molecule has 0 heterocycles. The van der Waals surface area contributed by atoms with Crippen molar-refractivity contribution in [3.05, 3.63) is 0 Å². The normalized spacial score (nSPS) is 12.4. The second kappa shape index (κ2) is 8.68. The zero-order chi connectivity index (χ0) is 11.7. The summed E-state index contributed by atoms with van der Waals surface area (Å²) >= 11 is -2.85. The predicted octanol–water partition coefficient (Wildman–Crippen LogP) is 1.97. The van der Waals surface area contributed by atoms with Gasteiger partial charge in [-0.15, -0.1) is 0 Å². The molecule has 0 rings (SSSR count). The number of hydrogen-bond donors (Lipinski definition) is 0. The minimum atomic E-state index is -2.85. The van der Waals surface area contributed by atoms with Crippen molar-refractivity contribution < 1.29 is 27.7 Å². The molecule has 0 N–H and O–H groups in total. The molecule has 0 aliphatic heterocycles. The molecule has 0 aliphatic carbocycles. The third-order valence-electron chi connectivity index (χ3n) is 2.78. The summed E-state index contributed by atoms with van der Waals surface area (Å²) in [5, 5.41) is 0. The van der Waals surface area contributed by atoms with Crippen LogP contribution in [0, 0.1) is 0 Å². The molecule has 0 saturated heterocycles. The Morgan fingerprint density at radius 2 is 1.40 bits per heavy atom. The molecular weight excluding hydrogens is 230 g/mol. The van der Waals surface area contributed by atoms with Crippen LogP contribution in [-0.4, -0.2) is 45.9 Å². The summed E-state index contributed by atoms with van der Waals surface area (Å²) < 4.78 is 17.2. The Kier molecular flexibility index (Phi) is 9.00. The molecule has 0 aromatic heterocycles. The van der Waals surface area contributed by atoms with Gasteiger partial charge in [-0.05, 0) is 0 Å². The van der Waals surface area contributed by atoms with Crippen molar-refractivity contribution in [3.8, 4) is 0 Å². The average molecular weight is 255 g/mol. The molecule has 0 radical (unpaired) electrons. The fourth-order valence-electron chi connectivity index (χ4n) is 1.62. The Morgan fingerprint density at radius 1 is 0.933 bits per heavy atom. The van der Waals surface area contributed by atoms with Crippen molar-refractivity contribution in [2.75, 3.05) is 41.0 Å². The summed E-state index contributed by atoms with van der Waals surface area (Å²) in [6.45, 7) is 7.66. The summed E-state index contributed by atoms with van der Waals surface area (Å²) in [6.07, 6.45) is 1.08. The van der Waals surface area contributed by atoms with Gasteiger partial charge >= 0.3 is 98.6 Å². The van der Waals surface area contributed by atoms with E-state index in [1.807, 2.05) is 0 Å². The van der Waals surface area contributed by atoms with Crippen LogP contribution in [0.25, 0.3) is 0 Å². The first-order chi connectivity index (χ1) is 7.17. The summed E-state index contributed by atoms with van der Waals surface area (Å²) in [5.74, 6) is 0. The molecule has 0 aliphatic rings. The Morgan fingerprint density at radius 3 is 1.73 bits per heavy atom. The van der Waals surface area contributed by atoms with Crippen LogP contribution in [0.3, 0.4) is 0 Å². The Bertz CT molecular complexity index is 141. The second-order valence-electron chi connectivity index (χ2n) is 3.43. The van der Waals surface area contributed by atoms with E-state index in [0.717, 1.165) is 30.8 Å². The van der Waals surface area contributed by atoms with Crippen LogP contribution >= 0.6 is 0 Å². The minimum absolute atomic E-state index is 0.931. The summed E-state index contributed by atoms with van der Waals surface area (Å²) in [7, 11) is 5.05. The van der Waals surface area contributed by atoms with E-state index in [0.29, 0.717) is 0 Å². The molecule has 0 aromatic rings. The summed E-state index contributed by atoms with van der Waals surface area (Å²) in [6, 6.07) is 0. The van der Waals surface area contributed by atoms with E-state index in [1.54, 1.807) is 21.3 Å².